The highest BCUT2D eigenvalue weighted by Gasteiger charge is 2.26. The second kappa shape index (κ2) is 11.0. The molecule has 1 aromatic rings. The van der Waals surface area contributed by atoms with E-state index in [0.29, 0.717) is 13.0 Å². The van der Waals surface area contributed by atoms with Gasteiger partial charge in [0.05, 0.1) is 0 Å². The minimum absolute atomic E-state index is 0.00885. The van der Waals surface area contributed by atoms with Crippen molar-refractivity contribution in [2.75, 3.05) is 24.3 Å². The normalized spacial score (nSPS) is 12.0. The molecule has 1 aromatic carbocycles. The fraction of sp³-hybridized carbons (Fsp3) is 0.636. The molecule has 1 atom stereocenters. The quantitative estimate of drug-likeness (QED) is 0.647. The molecule has 0 heterocycles. The third-order valence-corrected chi connectivity index (χ3v) is 5.25. The Morgan fingerprint density at radius 1 is 1.04 bits per heavy atom. The van der Waals surface area contributed by atoms with E-state index in [-0.39, 0.29) is 23.8 Å². The zero-order valence-corrected chi connectivity index (χ0v) is 18.1. The van der Waals surface area contributed by atoms with Gasteiger partial charge in [0.25, 0.3) is 0 Å². The molecule has 5 heteroatoms. The molecule has 27 heavy (non-hydrogen) atoms. The van der Waals surface area contributed by atoms with Crippen LogP contribution in [0, 0.1) is 5.92 Å². The first-order valence-electron chi connectivity index (χ1n) is 10.2. The number of hydrogen-bond donors (Lipinski definition) is 1. The molecule has 0 aromatic heterocycles. The zero-order chi connectivity index (χ0) is 20.6. The van der Waals surface area contributed by atoms with Gasteiger partial charge in [0.15, 0.2) is 0 Å². The molecule has 0 saturated heterocycles. The molecule has 0 radical (unpaired) electrons. The van der Waals surface area contributed by atoms with E-state index >= 15 is 0 Å². The van der Waals surface area contributed by atoms with Crippen LogP contribution >= 0.6 is 0 Å². The Bertz CT molecular complexity index is 624. The average molecular weight is 376 g/mol. The molecular formula is C22H37N3O2. The van der Waals surface area contributed by atoms with Gasteiger partial charge in [-0.25, -0.2) is 0 Å². The lowest BCUT2D eigenvalue weighted by Crippen LogP contribution is -2.41. The molecule has 5 nitrogen and oxygen atoms in total. The van der Waals surface area contributed by atoms with Crippen molar-refractivity contribution in [3.05, 3.63) is 23.8 Å². The lowest BCUT2D eigenvalue weighted by molar-refractivity contribution is -0.138. The highest BCUT2D eigenvalue weighted by atomic mass is 16.2. The fourth-order valence-corrected chi connectivity index (χ4v) is 3.20. The van der Waals surface area contributed by atoms with Gasteiger partial charge in [-0.1, -0.05) is 27.7 Å². The molecule has 0 unspecified atom stereocenters. The Morgan fingerprint density at radius 2 is 1.67 bits per heavy atom. The van der Waals surface area contributed by atoms with Crippen molar-refractivity contribution in [2.24, 2.45) is 5.92 Å². The Labute approximate surface area is 165 Å². The summed E-state index contributed by atoms with van der Waals surface area (Å²) in [6.07, 6.45) is 3.07. The molecular weight excluding hydrogens is 338 g/mol. The summed E-state index contributed by atoms with van der Waals surface area (Å²) in [5, 5.41) is 2.93. The third-order valence-electron chi connectivity index (χ3n) is 5.25. The smallest absolute Gasteiger partial charge is 0.226 e. The number of nitrogens with one attached hydrogen (secondary N) is 1. The first kappa shape index (κ1) is 23.0. The van der Waals surface area contributed by atoms with Crippen molar-refractivity contribution >= 4 is 23.2 Å². The lowest BCUT2D eigenvalue weighted by Gasteiger charge is -2.33. The monoisotopic (exact) mass is 375 g/mol. The fourth-order valence-electron chi connectivity index (χ4n) is 3.20. The number of carbonyl (C=O) groups is 2. The average Bonchev–Trinajstić information content (AvgIpc) is 2.66. The summed E-state index contributed by atoms with van der Waals surface area (Å²) in [5.41, 5.74) is 2.89. The van der Waals surface area contributed by atoms with Gasteiger partial charge in [0, 0.05) is 50.4 Å². The summed E-state index contributed by atoms with van der Waals surface area (Å²) in [4.78, 5) is 29.0. The van der Waals surface area contributed by atoms with Crippen LogP contribution < -0.4 is 10.2 Å². The van der Waals surface area contributed by atoms with Gasteiger partial charge in [0.1, 0.15) is 0 Å². The Hall–Kier alpha value is -2.04. The van der Waals surface area contributed by atoms with Crippen LogP contribution in [0.1, 0.15) is 65.9 Å². The Balaban J connectivity index is 3.26. The molecule has 0 saturated carbocycles. The van der Waals surface area contributed by atoms with Crippen LogP contribution in [0.3, 0.4) is 0 Å². The molecule has 0 bridgehead atoms. The molecule has 152 valence electrons. The topological polar surface area (TPSA) is 52.7 Å². The standard InChI is InChI=1S/C22H37N3O2/c1-8-16(5)25(22(27)17(9-2)10-3)15-18-14-19(23-21(26)11-4)12-13-20(18)24(6)7/h12-14,16-17H,8-11,15H2,1-7H3,(H,23,26)/t16-/m0/s1. The van der Waals surface area contributed by atoms with Gasteiger partial charge >= 0.3 is 0 Å². The van der Waals surface area contributed by atoms with Crippen LogP contribution in [0.15, 0.2) is 18.2 Å². The van der Waals surface area contributed by atoms with Crippen molar-refractivity contribution in [1.29, 1.82) is 0 Å². The minimum Gasteiger partial charge on any atom is -0.377 e. The number of hydrogen-bond acceptors (Lipinski definition) is 3. The van der Waals surface area contributed by atoms with Gasteiger partial charge in [-0.2, -0.15) is 0 Å². The summed E-state index contributed by atoms with van der Waals surface area (Å²) in [6, 6.07) is 6.10. The predicted octanol–water partition coefficient (Wildman–Crippen LogP) is 4.66. The van der Waals surface area contributed by atoms with Crippen LogP contribution in [0.2, 0.25) is 0 Å². The highest BCUT2D eigenvalue weighted by molar-refractivity contribution is 5.91. The molecule has 0 spiro atoms. The van der Waals surface area contributed by atoms with Crippen molar-refractivity contribution < 1.29 is 9.59 Å². The third kappa shape index (κ3) is 6.26. The number of benzene rings is 1. The molecule has 0 fully saturated rings. The Morgan fingerprint density at radius 3 is 2.15 bits per heavy atom. The maximum atomic E-state index is 13.1. The SMILES string of the molecule is CCC(=O)Nc1ccc(N(C)C)c(CN(C(=O)C(CC)CC)[C@@H](C)CC)c1. The van der Waals surface area contributed by atoms with Gasteiger partial charge in [-0.05, 0) is 49.9 Å². The van der Waals surface area contributed by atoms with E-state index in [1.165, 1.54) is 0 Å². The van der Waals surface area contributed by atoms with E-state index in [9.17, 15) is 9.59 Å². The van der Waals surface area contributed by atoms with Gasteiger partial charge in [0.2, 0.25) is 11.8 Å². The van der Waals surface area contributed by atoms with E-state index in [1.807, 2.05) is 44.1 Å². The maximum absolute atomic E-state index is 13.1. The number of anilines is 2. The van der Waals surface area contributed by atoms with Gasteiger partial charge in [-0.15, -0.1) is 0 Å². The van der Waals surface area contributed by atoms with Crippen LogP contribution in [-0.4, -0.2) is 36.9 Å². The number of rotatable bonds is 10. The first-order valence-corrected chi connectivity index (χ1v) is 10.2. The van der Waals surface area contributed by atoms with E-state index in [4.69, 9.17) is 0 Å². The second-order valence-corrected chi connectivity index (χ2v) is 7.38. The molecule has 2 amide bonds. The summed E-state index contributed by atoms with van der Waals surface area (Å²) >= 11 is 0. The van der Waals surface area contributed by atoms with Crippen molar-refractivity contribution in [2.45, 2.75) is 72.9 Å². The number of nitrogens with zero attached hydrogens (tertiary/aromatic N) is 2. The van der Waals surface area contributed by atoms with E-state index in [1.54, 1.807) is 0 Å². The van der Waals surface area contributed by atoms with E-state index in [0.717, 1.165) is 36.2 Å². The first-order chi connectivity index (χ1) is 12.8. The van der Waals surface area contributed by atoms with E-state index in [2.05, 4.69) is 37.9 Å². The zero-order valence-electron chi connectivity index (χ0n) is 18.1. The van der Waals surface area contributed by atoms with Crippen molar-refractivity contribution in [3.63, 3.8) is 0 Å². The highest BCUT2D eigenvalue weighted by Crippen LogP contribution is 2.27. The summed E-state index contributed by atoms with van der Waals surface area (Å²) in [5.74, 6) is 0.275. The molecule has 0 aliphatic heterocycles. The summed E-state index contributed by atoms with van der Waals surface area (Å²) in [6.45, 7) is 10.8. The second-order valence-electron chi connectivity index (χ2n) is 7.38. The van der Waals surface area contributed by atoms with Crippen molar-refractivity contribution in [3.8, 4) is 0 Å². The molecule has 1 N–H and O–H groups in total. The minimum atomic E-state index is -0.00885. The summed E-state index contributed by atoms with van der Waals surface area (Å²) < 4.78 is 0. The van der Waals surface area contributed by atoms with Gasteiger partial charge < -0.3 is 15.1 Å². The Kier molecular flexibility index (Phi) is 9.33. The van der Waals surface area contributed by atoms with Crippen LogP contribution in [-0.2, 0) is 16.1 Å². The molecule has 0 aliphatic rings. The maximum Gasteiger partial charge on any atom is 0.226 e. The van der Waals surface area contributed by atoms with Crippen molar-refractivity contribution in [1.82, 2.24) is 4.90 Å². The van der Waals surface area contributed by atoms with E-state index < -0.39 is 0 Å². The molecule has 1 rings (SSSR count). The molecule has 0 aliphatic carbocycles. The van der Waals surface area contributed by atoms with Gasteiger partial charge in [-0.3, -0.25) is 9.59 Å². The predicted molar refractivity (Wildman–Crippen MR) is 114 cm³/mol. The van der Waals surface area contributed by atoms with Crippen LogP contribution in [0.5, 0.6) is 0 Å². The largest absolute Gasteiger partial charge is 0.377 e. The number of amides is 2. The van der Waals surface area contributed by atoms with Crippen LogP contribution in [0.4, 0.5) is 11.4 Å². The van der Waals surface area contributed by atoms with Crippen LogP contribution in [0.25, 0.3) is 0 Å². The lowest BCUT2D eigenvalue weighted by atomic mass is 9.99. The number of carbonyl (C=O) groups excluding carboxylic acids is 2. The summed E-state index contributed by atoms with van der Waals surface area (Å²) in [7, 11) is 4.00.